The average molecular weight is 460 g/mol. The number of aromatic nitrogens is 2. The summed E-state index contributed by atoms with van der Waals surface area (Å²) in [5.41, 5.74) is 1.70. The number of fused-ring (bicyclic) bond motifs is 2. The topological polar surface area (TPSA) is 86.6 Å². The lowest BCUT2D eigenvalue weighted by Crippen LogP contribution is -2.43. The Kier molecular flexibility index (Phi) is 4.83. The molecule has 1 aliphatic heterocycles. The number of aliphatic hydroxyl groups is 1. The Morgan fingerprint density at radius 1 is 0.714 bits per heavy atom. The van der Waals surface area contributed by atoms with Gasteiger partial charge in [0.05, 0.1) is 22.8 Å². The lowest BCUT2D eigenvalue weighted by Gasteiger charge is -2.31. The fraction of sp³-hybridized carbons (Fsp3) is 0.0690. The molecule has 1 amide bonds. The van der Waals surface area contributed by atoms with Gasteiger partial charge in [-0.25, -0.2) is 0 Å². The number of nitrogens with zero attached hydrogens (tertiary/aromatic N) is 3. The summed E-state index contributed by atoms with van der Waals surface area (Å²) < 4.78 is 0. The summed E-state index contributed by atoms with van der Waals surface area (Å²) in [5, 5.41) is 23.1. The number of rotatable bonds is 4. The van der Waals surface area contributed by atoms with Crippen LogP contribution >= 0.6 is 0 Å². The highest BCUT2D eigenvalue weighted by Gasteiger charge is 2.54. The van der Waals surface area contributed by atoms with Crippen molar-refractivity contribution < 1.29 is 15.0 Å². The number of phenolic OH excluding ortho intramolecular Hbond substituents is 1. The van der Waals surface area contributed by atoms with Gasteiger partial charge < -0.3 is 10.2 Å². The molecule has 6 rings (SSSR count). The molecule has 0 saturated heterocycles. The van der Waals surface area contributed by atoms with Gasteiger partial charge in [-0.15, -0.1) is 0 Å². The minimum Gasteiger partial charge on any atom is -0.507 e. The highest BCUT2D eigenvalue weighted by Crippen LogP contribution is 2.51. The number of phenols is 1. The van der Waals surface area contributed by atoms with Crippen molar-refractivity contribution in [1.29, 1.82) is 0 Å². The Labute approximate surface area is 201 Å². The standard InChI is InChI=1S/C29H21N3O3/c33-26-18-24-23(30-15-16-31-24)17-22(26)29(35)21-13-7-8-14-25(21)32(28(29)34)27(19-9-3-1-4-10-19)20-11-5-2-6-12-20/h1-18,27,33,35H. The third-order valence-electron chi connectivity index (χ3n) is 6.55. The first-order chi connectivity index (χ1) is 17.1. The lowest BCUT2D eigenvalue weighted by molar-refractivity contribution is -0.132. The quantitative estimate of drug-likeness (QED) is 0.407. The van der Waals surface area contributed by atoms with Crippen molar-refractivity contribution in [2.45, 2.75) is 11.6 Å². The third-order valence-corrected chi connectivity index (χ3v) is 6.55. The second-order valence-electron chi connectivity index (χ2n) is 8.54. The van der Waals surface area contributed by atoms with Crippen LogP contribution in [0.5, 0.6) is 5.75 Å². The normalized spacial score (nSPS) is 17.2. The second kappa shape index (κ2) is 8.04. The number of hydrogen-bond acceptors (Lipinski definition) is 5. The molecule has 6 nitrogen and oxygen atoms in total. The molecule has 0 bridgehead atoms. The first kappa shape index (κ1) is 21.0. The number of amides is 1. The summed E-state index contributed by atoms with van der Waals surface area (Å²) >= 11 is 0. The minimum absolute atomic E-state index is 0.0744. The van der Waals surface area contributed by atoms with Gasteiger partial charge in [-0.2, -0.15) is 0 Å². The van der Waals surface area contributed by atoms with Crippen molar-refractivity contribution in [1.82, 2.24) is 9.97 Å². The molecule has 5 aromatic rings. The van der Waals surface area contributed by atoms with Crippen LogP contribution in [0.4, 0.5) is 5.69 Å². The molecule has 0 fully saturated rings. The molecule has 1 aromatic heterocycles. The number of anilines is 1. The maximum Gasteiger partial charge on any atom is 0.269 e. The van der Waals surface area contributed by atoms with Crippen LogP contribution < -0.4 is 4.90 Å². The fourth-order valence-electron chi connectivity index (χ4n) is 4.96. The van der Waals surface area contributed by atoms with Crippen LogP contribution in [0.25, 0.3) is 11.0 Å². The van der Waals surface area contributed by atoms with E-state index in [4.69, 9.17) is 0 Å². The van der Waals surface area contributed by atoms with Crippen LogP contribution in [0.3, 0.4) is 0 Å². The number of carbonyl (C=O) groups is 1. The number of aromatic hydroxyl groups is 1. The molecular formula is C29H21N3O3. The van der Waals surface area contributed by atoms with Gasteiger partial charge in [-0.3, -0.25) is 19.7 Å². The highest BCUT2D eigenvalue weighted by atomic mass is 16.3. The predicted molar refractivity (Wildman–Crippen MR) is 133 cm³/mol. The Balaban J connectivity index is 1.60. The minimum atomic E-state index is -2.10. The van der Waals surface area contributed by atoms with Gasteiger partial charge in [0.15, 0.2) is 0 Å². The van der Waals surface area contributed by atoms with Crippen molar-refractivity contribution in [2.75, 3.05) is 4.90 Å². The molecule has 2 N–H and O–H groups in total. The zero-order valence-corrected chi connectivity index (χ0v) is 18.6. The molecule has 6 heteroatoms. The van der Waals surface area contributed by atoms with Gasteiger partial charge in [0.25, 0.3) is 5.91 Å². The fourth-order valence-corrected chi connectivity index (χ4v) is 4.96. The molecule has 0 aliphatic carbocycles. The van der Waals surface area contributed by atoms with Crippen LogP contribution in [0.2, 0.25) is 0 Å². The summed E-state index contributed by atoms with van der Waals surface area (Å²) in [6.07, 6.45) is 3.06. The van der Waals surface area contributed by atoms with Crippen LogP contribution in [0, 0.1) is 0 Å². The molecule has 2 heterocycles. The van der Waals surface area contributed by atoms with E-state index in [2.05, 4.69) is 9.97 Å². The van der Waals surface area contributed by atoms with E-state index in [0.29, 0.717) is 22.3 Å². The molecule has 1 atom stereocenters. The molecule has 170 valence electrons. The zero-order valence-electron chi connectivity index (χ0n) is 18.6. The molecule has 0 saturated carbocycles. The first-order valence-corrected chi connectivity index (χ1v) is 11.3. The van der Waals surface area contributed by atoms with Crippen molar-refractivity contribution >= 4 is 22.6 Å². The number of benzene rings is 4. The third kappa shape index (κ3) is 3.19. The van der Waals surface area contributed by atoms with Crippen LogP contribution in [0.1, 0.15) is 28.3 Å². The van der Waals surface area contributed by atoms with E-state index in [-0.39, 0.29) is 11.3 Å². The van der Waals surface area contributed by atoms with Crippen molar-refractivity contribution in [3.05, 3.63) is 132 Å². The van der Waals surface area contributed by atoms with E-state index in [1.54, 1.807) is 17.0 Å². The molecule has 0 spiro atoms. The highest BCUT2D eigenvalue weighted by molar-refractivity contribution is 6.10. The Bertz CT molecular complexity index is 1520. The maximum atomic E-state index is 14.3. The summed E-state index contributed by atoms with van der Waals surface area (Å²) in [4.78, 5) is 24.4. The smallest absolute Gasteiger partial charge is 0.269 e. The summed E-state index contributed by atoms with van der Waals surface area (Å²) in [5.74, 6) is -0.767. The van der Waals surface area contributed by atoms with E-state index in [1.165, 1.54) is 24.5 Å². The predicted octanol–water partition coefficient (Wildman–Crippen LogP) is 4.71. The Morgan fingerprint density at radius 2 is 1.26 bits per heavy atom. The molecular weight excluding hydrogens is 438 g/mol. The lowest BCUT2D eigenvalue weighted by atomic mass is 9.86. The SMILES string of the molecule is O=C1N(C(c2ccccc2)c2ccccc2)c2ccccc2C1(O)c1cc2nccnc2cc1O. The van der Waals surface area contributed by atoms with E-state index >= 15 is 0 Å². The Morgan fingerprint density at radius 3 is 1.89 bits per heavy atom. The molecule has 4 aromatic carbocycles. The van der Waals surface area contributed by atoms with Crippen LogP contribution in [0.15, 0.2) is 109 Å². The van der Waals surface area contributed by atoms with Gasteiger partial charge in [0.1, 0.15) is 5.75 Å². The molecule has 1 aliphatic rings. The van der Waals surface area contributed by atoms with E-state index < -0.39 is 17.6 Å². The van der Waals surface area contributed by atoms with Crippen molar-refractivity contribution in [3.63, 3.8) is 0 Å². The number of carbonyl (C=O) groups excluding carboxylic acids is 1. The van der Waals surface area contributed by atoms with Crippen molar-refractivity contribution in [2.24, 2.45) is 0 Å². The van der Waals surface area contributed by atoms with E-state index in [9.17, 15) is 15.0 Å². The van der Waals surface area contributed by atoms with Crippen LogP contribution in [-0.4, -0.2) is 26.1 Å². The van der Waals surface area contributed by atoms with Crippen LogP contribution in [-0.2, 0) is 10.4 Å². The van der Waals surface area contributed by atoms with Crippen molar-refractivity contribution in [3.8, 4) is 5.75 Å². The van der Waals surface area contributed by atoms with Gasteiger partial charge >= 0.3 is 0 Å². The number of hydrogen-bond donors (Lipinski definition) is 2. The van der Waals surface area contributed by atoms with E-state index in [0.717, 1.165) is 11.1 Å². The molecule has 35 heavy (non-hydrogen) atoms. The van der Waals surface area contributed by atoms with Gasteiger partial charge in [-0.05, 0) is 23.3 Å². The average Bonchev–Trinajstić information content (AvgIpc) is 3.13. The zero-order chi connectivity index (χ0) is 24.0. The van der Waals surface area contributed by atoms with Gasteiger partial charge in [0.2, 0.25) is 5.60 Å². The summed E-state index contributed by atoms with van der Waals surface area (Å²) in [6, 6.07) is 29.1. The monoisotopic (exact) mass is 459 g/mol. The number of para-hydroxylation sites is 1. The van der Waals surface area contributed by atoms with Gasteiger partial charge in [-0.1, -0.05) is 78.9 Å². The summed E-state index contributed by atoms with van der Waals surface area (Å²) in [6.45, 7) is 0. The first-order valence-electron chi connectivity index (χ1n) is 11.3. The largest absolute Gasteiger partial charge is 0.507 e. The summed E-state index contributed by atoms with van der Waals surface area (Å²) in [7, 11) is 0. The Hall–Kier alpha value is -4.55. The maximum absolute atomic E-state index is 14.3. The molecule has 1 unspecified atom stereocenters. The molecule has 0 radical (unpaired) electrons. The second-order valence-corrected chi connectivity index (χ2v) is 8.54. The van der Waals surface area contributed by atoms with E-state index in [1.807, 2.05) is 72.8 Å². The van der Waals surface area contributed by atoms with Gasteiger partial charge in [0, 0.05) is 29.6 Å².